The van der Waals surface area contributed by atoms with Crippen LogP contribution in [0.5, 0.6) is 0 Å². The van der Waals surface area contributed by atoms with Gasteiger partial charge in [0.15, 0.2) is 11.5 Å². The summed E-state index contributed by atoms with van der Waals surface area (Å²) in [4.78, 5) is 17.3. The van der Waals surface area contributed by atoms with E-state index in [1.54, 1.807) is 6.07 Å². The van der Waals surface area contributed by atoms with Crippen LogP contribution in [-0.2, 0) is 17.5 Å². The molecule has 1 fully saturated rings. The van der Waals surface area contributed by atoms with E-state index in [0.29, 0.717) is 22.9 Å². The molecule has 35 heavy (non-hydrogen) atoms. The first-order chi connectivity index (χ1) is 16.9. The lowest BCUT2D eigenvalue weighted by Gasteiger charge is -2.14. The molecule has 1 aliphatic carbocycles. The Morgan fingerprint density at radius 2 is 1.74 bits per heavy atom. The van der Waals surface area contributed by atoms with Crippen LogP contribution in [0.3, 0.4) is 0 Å². The number of pyridine rings is 2. The number of aromatic nitrogens is 4. The third-order valence-electron chi connectivity index (χ3n) is 6.24. The summed E-state index contributed by atoms with van der Waals surface area (Å²) in [5.41, 5.74) is 1.43. The van der Waals surface area contributed by atoms with Gasteiger partial charge in [0.2, 0.25) is 0 Å². The van der Waals surface area contributed by atoms with Gasteiger partial charge >= 0.3 is 6.18 Å². The maximum absolute atomic E-state index is 13.5. The predicted molar refractivity (Wildman–Crippen MR) is 127 cm³/mol. The number of methoxy groups -OCH3 is 1. The van der Waals surface area contributed by atoms with Gasteiger partial charge < -0.3 is 10.1 Å². The van der Waals surface area contributed by atoms with Crippen LogP contribution < -0.4 is 5.32 Å². The number of ether oxygens (including phenoxy) is 1. The molecule has 1 N–H and O–H groups in total. The Morgan fingerprint density at radius 3 is 2.46 bits per heavy atom. The SMILES string of the molecule is COCc1nc(Nc2ccc(C3CCCC3)cc2)c2ccc(-c3ncccc3C(F)(F)F)nc2n1. The van der Waals surface area contributed by atoms with Crippen LogP contribution in [0.15, 0.2) is 54.7 Å². The Balaban J connectivity index is 1.52. The summed E-state index contributed by atoms with van der Waals surface area (Å²) < 4.78 is 45.8. The van der Waals surface area contributed by atoms with Crippen LogP contribution in [0, 0.1) is 0 Å². The Labute approximate surface area is 200 Å². The van der Waals surface area contributed by atoms with Crippen molar-refractivity contribution >= 4 is 22.5 Å². The van der Waals surface area contributed by atoms with Crippen molar-refractivity contribution in [3.63, 3.8) is 0 Å². The lowest BCUT2D eigenvalue weighted by molar-refractivity contribution is -0.137. The quantitative estimate of drug-likeness (QED) is 0.334. The fourth-order valence-electron chi connectivity index (χ4n) is 4.55. The number of benzene rings is 1. The molecule has 6 nitrogen and oxygen atoms in total. The smallest absolute Gasteiger partial charge is 0.377 e. The summed E-state index contributed by atoms with van der Waals surface area (Å²) in [5.74, 6) is 1.49. The van der Waals surface area contributed by atoms with Crippen LogP contribution in [0.1, 0.15) is 48.6 Å². The van der Waals surface area contributed by atoms with Gasteiger partial charge in [0.25, 0.3) is 0 Å². The number of anilines is 2. The van der Waals surface area contributed by atoms with Crippen molar-refractivity contribution < 1.29 is 17.9 Å². The molecule has 0 amide bonds. The van der Waals surface area contributed by atoms with Crippen LogP contribution in [-0.4, -0.2) is 27.0 Å². The van der Waals surface area contributed by atoms with Gasteiger partial charge in [-0.1, -0.05) is 25.0 Å². The first-order valence-corrected chi connectivity index (χ1v) is 11.5. The Hall–Kier alpha value is -3.59. The third-order valence-corrected chi connectivity index (χ3v) is 6.24. The van der Waals surface area contributed by atoms with Gasteiger partial charge in [-0.05, 0) is 60.7 Å². The van der Waals surface area contributed by atoms with Gasteiger partial charge in [0.05, 0.1) is 16.6 Å². The molecule has 180 valence electrons. The molecule has 1 aromatic carbocycles. The average molecular weight is 480 g/mol. The molecule has 0 bridgehead atoms. The van der Waals surface area contributed by atoms with Crippen molar-refractivity contribution in [3.8, 4) is 11.4 Å². The summed E-state index contributed by atoms with van der Waals surface area (Å²) in [7, 11) is 1.52. The molecule has 3 aromatic heterocycles. The fraction of sp³-hybridized carbons (Fsp3) is 0.308. The normalized spacial score (nSPS) is 14.5. The Kier molecular flexibility index (Phi) is 6.34. The summed E-state index contributed by atoms with van der Waals surface area (Å²) in [6.07, 6.45) is 1.77. The molecule has 0 unspecified atom stereocenters. The van der Waals surface area contributed by atoms with Gasteiger partial charge in [0, 0.05) is 19.0 Å². The molecular formula is C26H24F3N5O. The monoisotopic (exact) mass is 479 g/mol. The average Bonchev–Trinajstić information content (AvgIpc) is 3.39. The molecule has 1 aliphatic rings. The van der Waals surface area contributed by atoms with Crippen molar-refractivity contribution in [2.45, 2.75) is 44.4 Å². The highest BCUT2D eigenvalue weighted by Crippen LogP contribution is 2.37. The minimum atomic E-state index is -4.55. The molecule has 5 rings (SSSR count). The van der Waals surface area contributed by atoms with Crippen molar-refractivity contribution in [2.24, 2.45) is 0 Å². The summed E-state index contributed by atoms with van der Waals surface area (Å²) >= 11 is 0. The van der Waals surface area contributed by atoms with Crippen molar-refractivity contribution in [1.29, 1.82) is 0 Å². The molecular weight excluding hydrogens is 455 g/mol. The number of fused-ring (bicyclic) bond motifs is 1. The highest BCUT2D eigenvalue weighted by atomic mass is 19.4. The zero-order chi connectivity index (χ0) is 24.4. The van der Waals surface area contributed by atoms with E-state index < -0.39 is 11.7 Å². The van der Waals surface area contributed by atoms with Gasteiger partial charge in [-0.25, -0.2) is 15.0 Å². The van der Waals surface area contributed by atoms with E-state index in [9.17, 15) is 13.2 Å². The molecule has 0 aliphatic heterocycles. The molecule has 4 aromatic rings. The fourth-order valence-corrected chi connectivity index (χ4v) is 4.55. The number of alkyl halides is 3. The summed E-state index contributed by atoms with van der Waals surface area (Å²) in [6, 6.07) is 13.7. The van der Waals surface area contributed by atoms with Crippen LogP contribution in [0.25, 0.3) is 22.4 Å². The van der Waals surface area contributed by atoms with Crippen molar-refractivity contribution in [3.05, 3.63) is 71.7 Å². The maximum atomic E-state index is 13.5. The third kappa shape index (κ3) is 4.95. The van der Waals surface area contributed by atoms with E-state index >= 15 is 0 Å². The lowest BCUT2D eigenvalue weighted by atomic mass is 9.97. The second-order valence-corrected chi connectivity index (χ2v) is 8.61. The molecule has 1 saturated carbocycles. The minimum Gasteiger partial charge on any atom is -0.377 e. The predicted octanol–water partition coefficient (Wildman–Crippen LogP) is 6.65. The van der Waals surface area contributed by atoms with Gasteiger partial charge in [-0.3, -0.25) is 4.98 Å². The van der Waals surface area contributed by atoms with Gasteiger partial charge in [0.1, 0.15) is 18.1 Å². The van der Waals surface area contributed by atoms with Crippen molar-refractivity contribution in [1.82, 2.24) is 19.9 Å². The first kappa shape index (κ1) is 23.2. The molecule has 0 saturated heterocycles. The Morgan fingerprint density at radius 1 is 0.971 bits per heavy atom. The minimum absolute atomic E-state index is 0.0827. The summed E-state index contributed by atoms with van der Waals surface area (Å²) in [6.45, 7) is 0.133. The number of hydrogen-bond donors (Lipinski definition) is 1. The topological polar surface area (TPSA) is 72.8 Å². The van der Waals surface area contributed by atoms with Gasteiger partial charge in [-0.15, -0.1) is 0 Å². The number of halogens is 3. The van der Waals surface area contributed by atoms with Crippen LogP contribution in [0.2, 0.25) is 0 Å². The largest absolute Gasteiger partial charge is 0.418 e. The lowest BCUT2D eigenvalue weighted by Crippen LogP contribution is -2.09. The molecule has 0 spiro atoms. The number of hydrogen-bond acceptors (Lipinski definition) is 6. The molecule has 0 radical (unpaired) electrons. The van der Waals surface area contributed by atoms with E-state index in [2.05, 4.69) is 37.4 Å². The highest BCUT2D eigenvalue weighted by molar-refractivity contribution is 5.90. The summed E-state index contributed by atoms with van der Waals surface area (Å²) in [5, 5.41) is 3.90. The molecule has 3 heterocycles. The zero-order valence-electron chi connectivity index (χ0n) is 19.1. The highest BCUT2D eigenvalue weighted by Gasteiger charge is 2.34. The maximum Gasteiger partial charge on any atom is 0.418 e. The zero-order valence-corrected chi connectivity index (χ0v) is 19.1. The number of nitrogens with one attached hydrogen (secondary N) is 1. The van der Waals surface area contributed by atoms with E-state index in [-0.39, 0.29) is 23.6 Å². The number of rotatable bonds is 6. The standard InChI is InChI=1S/C26H24F3N5O/c1-35-15-22-33-24(31-18-10-8-17(9-11-18)16-5-2-3-6-16)19-12-13-21(32-25(19)34-22)23-20(26(27,28)29)7-4-14-30-23/h4,7-14,16H,2-3,5-6,15H2,1H3,(H,31,32,33,34). The Bertz CT molecular complexity index is 1340. The van der Waals surface area contributed by atoms with E-state index in [1.165, 1.54) is 56.7 Å². The second kappa shape index (κ2) is 9.58. The van der Waals surface area contributed by atoms with Gasteiger partial charge in [-0.2, -0.15) is 13.2 Å². The first-order valence-electron chi connectivity index (χ1n) is 11.5. The van der Waals surface area contributed by atoms with Crippen LogP contribution in [0.4, 0.5) is 24.7 Å². The van der Waals surface area contributed by atoms with E-state index in [0.717, 1.165) is 11.8 Å². The second-order valence-electron chi connectivity index (χ2n) is 8.61. The van der Waals surface area contributed by atoms with Crippen LogP contribution >= 0.6 is 0 Å². The van der Waals surface area contributed by atoms with E-state index in [1.807, 2.05) is 12.1 Å². The molecule has 0 atom stereocenters. The molecule has 9 heteroatoms. The number of nitrogens with zero attached hydrogens (tertiary/aromatic N) is 4. The van der Waals surface area contributed by atoms with Crippen molar-refractivity contribution in [2.75, 3.05) is 12.4 Å². The van der Waals surface area contributed by atoms with E-state index in [4.69, 9.17) is 4.74 Å².